The molecule has 1 saturated heterocycles. The number of hydrogen-bond acceptors (Lipinski definition) is 3. The van der Waals surface area contributed by atoms with Gasteiger partial charge >= 0.3 is 0 Å². The first-order chi connectivity index (χ1) is 13.0. The maximum atomic E-state index is 13.1. The monoisotopic (exact) mass is 369 g/mol. The number of hydrogen-bond donors (Lipinski definition) is 1. The fourth-order valence-electron chi connectivity index (χ4n) is 3.43. The summed E-state index contributed by atoms with van der Waals surface area (Å²) in [6.45, 7) is 8.37. The van der Waals surface area contributed by atoms with Crippen molar-refractivity contribution < 1.29 is 4.39 Å². The molecule has 1 aliphatic heterocycles. The van der Waals surface area contributed by atoms with E-state index in [1.54, 1.807) is 6.20 Å². The molecule has 0 amide bonds. The van der Waals surface area contributed by atoms with Crippen LogP contribution in [0.25, 0.3) is 0 Å². The molecule has 3 rings (SSSR count). The number of nitrogens with zero attached hydrogens (tertiary/aromatic N) is 4. The zero-order chi connectivity index (χ0) is 19.2. The second-order valence-corrected chi connectivity index (χ2v) is 7.29. The quantitative estimate of drug-likeness (QED) is 0.650. The number of anilines is 1. The van der Waals surface area contributed by atoms with Crippen molar-refractivity contribution in [3.63, 3.8) is 0 Å². The van der Waals surface area contributed by atoms with Gasteiger partial charge in [0, 0.05) is 56.7 Å². The lowest BCUT2D eigenvalue weighted by molar-refractivity contribution is 0.379. The first-order valence-electron chi connectivity index (χ1n) is 9.50. The van der Waals surface area contributed by atoms with E-state index in [2.05, 4.69) is 39.7 Å². The Hall–Kier alpha value is -2.63. The summed E-state index contributed by atoms with van der Waals surface area (Å²) in [6.07, 6.45) is 3.71. The number of pyridine rings is 1. The number of aromatic nitrogens is 1. The summed E-state index contributed by atoms with van der Waals surface area (Å²) in [5.41, 5.74) is 8.51. The Bertz CT molecular complexity index is 737. The minimum atomic E-state index is -0.206. The summed E-state index contributed by atoms with van der Waals surface area (Å²) in [5.74, 6) is 1.16. The van der Waals surface area contributed by atoms with Crippen LogP contribution in [0.5, 0.6) is 0 Å². The fraction of sp³-hybridized carbons (Fsp3) is 0.429. The van der Waals surface area contributed by atoms with Crippen LogP contribution in [0.3, 0.4) is 0 Å². The van der Waals surface area contributed by atoms with Gasteiger partial charge in [-0.05, 0) is 41.8 Å². The number of piperazine rings is 1. The molecule has 5 nitrogen and oxygen atoms in total. The Kier molecular flexibility index (Phi) is 6.27. The molecule has 1 aliphatic rings. The van der Waals surface area contributed by atoms with Crippen LogP contribution in [0.15, 0.2) is 53.8 Å². The van der Waals surface area contributed by atoms with Crippen LogP contribution in [0.2, 0.25) is 0 Å². The van der Waals surface area contributed by atoms with Gasteiger partial charge < -0.3 is 15.5 Å². The van der Waals surface area contributed by atoms with Crippen molar-refractivity contribution in [3.8, 4) is 0 Å². The largest absolute Gasteiger partial charge is 0.370 e. The fourth-order valence-corrected chi connectivity index (χ4v) is 3.43. The molecular weight excluding hydrogens is 341 g/mol. The van der Waals surface area contributed by atoms with E-state index in [1.165, 1.54) is 17.7 Å². The SMILES string of the molecule is CC(C)C(CN=C(N)N1CCN(c2ccc(F)cc2)CC1)c1cccnc1. The highest BCUT2D eigenvalue weighted by Gasteiger charge is 2.20. The van der Waals surface area contributed by atoms with E-state index in [9.17, 15) is 4.39 Å². The summed E-state index contributed by atoms with van der Waals surface area (Å²) in [5, 5.41) is 0. The third-order valence-corrected chi connectivity index (χ3v) is 5.16. The van der Waals surface area contributed by atoms with Crippen LogP contribution in [0.1, 0.15) is 25.3 Å². The molecule has 0 saturated carbocycles. The highest BCUT2D eigenvalue weighted by molar-refractivity contribution is 5.78. The molecular formula is C21H28FN5. The van der Waals surface area contributed by atoms with E-state index in [4.69, 9.17) is 5.73 Å². The normalized spacial score (nSPS) is 16.7. The molecule has 1 unspecified atom stereocenters. The van der Waals surface area contributed by atoms with Crippen molar-refractivity contribution in [1.29, 1.82) is 0 Å². The second-order valence-electron chi connectivity index (χ2n) is 7.29. The van der Waals surface area contributed by atoms with Crippen LogP contribution < -0.4 is 10.6 Å². The van der Waals surface area contributed by atoms with Gasteiger partial charge in [0.2, 0.25) is 0 Å². The van der Waals surface area contributed by atoms with Gasteiger partial charge in [-0.2, -0.15) is 0 Å². The zero-order valence-corrected chi connectivity index (χ0v) is 16.1. The van der Waals surface area contributed by atoms with Gasteiger partial charge in [0.25, 0.3) is 0 Å². The average molecular weight is 369 g/mol. The van der Waals surface area contributed by atoms with E-state index in [1.807, 2.05) is 24.4 Å². The zero-order valence-electron chi connectivity index (χ0n) is 16.1. The summed E-state index contributed by atoms with van der Waals surface area (Å²) < 4.78 is 13.1. The average Bonchev–Trinajstić information content (AvgIpc) is 2.69. The van der Waals surface area contributed by atoms with Crippen LogP contribution in [-0.4, -0.2) is 48.6 Å². The number of guanidine groups is 1. The number of halogens is 1. The predicted molar refractivity (Wildman–Crippen MR) is 108 cm³/mol. The van der Waals surface area contributed by atoms with Crippen molar-refractivity contribution in [2.75, 3.05) is 37.6 Å². The molecule has 1 atom stereocenters. The summed E-state index contributed by atoms with van der Waals surface area (Å²) in [7, 11) is 0. The molecule has 27 heavy (non-hydrogen) atoms. The molecule has 0 bridgehead atoms. The highest BCUT2D eigenvalue weighted by Crippen LogP contribution is 2.24. The summed E-state index contributed by atoms with van der Waals surface area (Å²) in [4.78, 5) is 13.3. The Labute approximate surface area is 160 Å². The first-order valence-corrected chi connectivity index (χ1v) is 9.50. The maximum Gasteiger partial charge on any atom is 0.191 e. The number of benzene rings is 1. The Morgan fingerprint density at radius 1 is 1.15 bits per heavy atom. The van der Waals surface area contributed by atoms with Gasteiger partial charge in [0.05, 0.1) is 0 Å². The molecule has 1 aromatic carbocycles. The lowest BCUT2D eigenvalue weighted by Gasteiger charge is -2.36. The number of nitrogens with two attached hydrogens (primary N) is 1. The summed E-state index contributed by atoms with van der Waals surface area (Å²) >= 11 is 0. The molecule has 0 radical (unpaired) electrons. The molecule has 1 aromatic heterocycles. The Morgan fingerprint density at radius 2 is 1.85 bits per heavy atom. The van der Waals surface area contributed by atoms with Gasteiger partial charge in [0.1, 0.15) is 5.82 Å². The molecule has 0 aliphatic carbocycles. The van der Waals surface area contributed by atoms with Crippen LogP contribution in [-0.2, 0) is 0 Å². The lowest BCUT2D eigenvalue weighted by atomic mass is 9.89. The van der Waals surface area contributed by atoms with Crippen molar-refractivity contribution in [1.82, 2.24) is 9.88 Å². The van der Waals surface area contributed by atoms with Crippen LogP contribution in [0.4, 0.5) is 10.1 Å². The highest BCUT2D eigenvalue weighted by atomic mass is 19.1. The van der Waals surface area contributed by atoms with E-state index in [0.717, 1.165) is 31.9 Å². The van der Waals surface area contributed by atoms with Gasteiger partial charge in [0.15, 0.2) is 5.96 Å². The first kappa shape index (κ1) is 19.1. The van der Waals surface area contributed by atoms with E-state index >= 15 is 0 Å². The minimum Gasteiger partial charge on any atom is -0.370 e. The third kappa shape index (κ3) is 4.96. The third-order valence-electron chi connectivity index (χ3n) is 5.16. The van der Waals surface area contributed by atoms with Crippen molar-refractivity contribution >= 4 is 11.6 Å². The number of aliphatic imine (C=N–C) groups is 1. The lowest BCUT2D eigenvalue weighted by Crippen LogP contribution is -2.51. The van der Waals surface area contributed by atoms with Crippen molar-refractivity contribution in [2.45, 2.75) is 19.8 Å². The van der Waals surface area contributed by atoms with Gasteiger partial charge in [-0.3, -0.25) is 9.98 Å². The van der Waals surface area contributed by atoms with Crippen molar-refractivity contribution in [3.05, 3.63) is 60.2 Å². The van der Waals surface area contributed by atoms with Gasteiger partial charge in [-0.25, -0.2) is 4.39 Å². The van der Waals surface area contributed by atoms with Crippen molar-refractivity contribution in [2.24, 2.45) is 16.6 Å². The van der Waals surface area contributed by atoms with Gasteiger partial charge in [-0.15, -0.1) is 0 Å². The van der Waals surface area contributed by atoms with Crippen LogP contribution >= 0.6 is 0 Å². The number of rotatable bonds is 5. The molecule has 2 N–H and O–H groups in total. The standard InChI is InChI=1S/C21H28FN5/c1-16(2)20(17-4-3-9-24-14-17)15-25-21(23)27-12-10-26(11-13-27)19-7-5-18(22)6-8-19/h3-9,14,16,20H,10-13,15H2,1-2H3,(H2,23,25). The van der Waals surface area contributed by atoms with E-state index in [-0.39, 0.29) is 5.82 Å². The van der Waals surface area contributed by atoms with Crippen LogP contribution in [0, 0.1) is 11.7 Å². The summed E-state index contributed by atoms with van der Waals surface area (Å²) in [6, 6.07) is 10.7. The molecule has 144 valence electrons. The smallest absolute Gasteiger partial charge is 0.191 e. The molecule has 6 heteroatoms. The molecule has 2 heterocycles. The molecule has 0 spiro atoms. The predicted octanol–water partition coefficient (Wildman–Crippen LogP) is 3.10. The minimum absolute atomic E-state index is 0.206. The Balaban J connectivity index is 1.58. The van der Waals surface area contributed by atoms with E-state index in [0.29, 0.717) is 24.3 Å². The Morgan fingerprint density at radius 3 is 2.44 bits per heavy atom. The molecule has 1 fully saturated rings. The van der Waals surface area contributed by atoms with Gasteiger partial charge in [-0.1, -0.05) is 19.9 Å². The second kappa shape index (κ2) is 8.84. The van der Waals surface area contributed by atoms with E-state index < -0.39 is 0 Å². The topological polar surface area (TPSA) is 57.8 Å². The maximum absolute atomic E-state index is 13.1. The molecule has 2 aromatic rings.